The Bertz CT molecular complexity index is 1040. The Morgan fingerprint density at radius 1 is 0.609 bits per heavy atom. The van der Waals surface area contributed by atoms with Crippen LogP contribution in [0.3, 0.4) is 0 Å². The van der Waals surface area contributed by atoms with E-state index in [4.69, 9.17) is 5.41 Å². The van der Waals surface area contributed by atoms with Crippen LogP contribution in [0.4, 0.5) is 0 Å². The van der Waals surface area contributed by atoms with Gasteiger partial charge in [0.25, 0.3) is 0 Å². The van der Waals surface area contributed by atoms with E-state index >= 15 is 0 Å². The fourth-order valence-corrected chi connectivity index (χ4v) is 3.03. The summed E-state index contributed by atoms with van der Waals surface area (Å²) in [5, 5.41) is 12.7. The molecule has 1 N–H and O–H groups in total. The zero-order valence-electron chi connectivity index (χ0n) is 13.0. The number of benzene rings is 4. The Labute approximate surface area is 135 Å². The fraction of sp³-hybridized carbons (Fsp3) is 0.0455. The molecule has 0 saturated carbocycles. The predicted octanol–water partition coefficient (Wildman–Crippen LogP) is 6.05. The largest absolute Gasteiger partial charge is 0.305 e. The molecular weight excluding hydrogens is 278 g/mol. The van der Waals surface area contributed by atoms with Crippen LogP contribution in [-0.2, 0) is 0 Å². The Morgan fingerprint density at radius 2 is 1.13 bits per heavy atom. The van der Waals surface area contributed by atoms with E-state index < -0.39 is 0 Å². The lowest BCUT2D eigenvalue weighted by Gasteiger charge is -2.07. The van der Waals surface area contributed by atoms with Gasteiger partial charge >= 0.3 is 0 Å². The van der Waals surface area contributed by atoms with Crippen LogP contribution in [0.5, 0.6) is 0 Å². The van der Waals surface area contributed by atoms with Crippen LogP contribution in [-0.4, -0.2) is 5.71 Å². The highest BCUT2D eigenvalue weighted by atomic mass is 14.4. The maximum Gasteiger partial charge on any atom is 0.0355 e. The van der Waals surface area contributed by atoms with E-state index in [2.05, 4.69) is 72.8 Å². The average Bonchev–Trinajstić information content (AvgIpc) is 2.60. The van der Waals surface area contributed by atoms with Crippen LogP contribution in [0.25, 0.3) is 32.7 Å². The van der Waals surface area contributed by atoms with Gasteiger partial charge in [0, 0.05) is 5.71 Å². The molecule has 0 fully saturated rings. The van der Waals surface area contributed by atoms with E-state index in [-0.39, 0.29) is 0 Å². The molecule has 0 radical (unpaired) electrons. The summed E-state index contributed by atoms with van der Waals surface area (Å²) in [6, 6.07) is 27.8. The zero-order valence-corrected chi connectivity index (χ0v) is 13.0. The van der Waals surface area contributed by atoms with Gasteiger partial charge in [-0.2, -0.15) is 0 Å². The van der Waals surface area contributed by atoms with Crippen molar-refractivity contribution < 1.29 is 0 Å². The molecule has 4 aromatic carbocycles. The molecule has 0 spiro atoms. The first-order valence-electron chi connectivity index (χ1n) is 7.79. The Morgan fingerprint density at radius 3 is 1.83 bits per heavy atom. The van der Waals surface area contributed by atoms with Gasteiger partial charge in [-0.3, -0.25) is 0 Å². The van der Waals surface area contributed by atoms with E-state index in [1.54, 1.807) is 0 Å². The second-order valence-corrected chi connectivity index (χ2v) is 5.96. The Hall–Kier alpha value is -2.93. The molecule has 1 nitrogen and oxygen atoms in total. The number of hydrogen-bond acceptors (Lipinski definition) is 1. The van der Waals surface area contributed by atoms with Crippen molar-refractivity contribution in [3.8, 4) is 11.1 Å². The molecule has 4 rings (SSSR count). The van der Waals surface area contributed by atoms with Crippen molar-refractivity contribution in [2.75, 3.05) is 0 Å². The molecule has 0 amide bonds. The van der Waals surface area contributed by atoms with Gasteiger partial charge in [0.05, 0.1) is 0 Å². The highest BCUT2D eigenvalue weighted by molar-refractivity contribution is 6.00. The summed E-state index contributed by atoms with van der Waals surface area (Å²) in [7, 11) is 0. The maximum atomic E-state index is 7.76. The summed E-state index contributed by atoms with van der Waals surface area (Å²) in [6.07, 6.45) is 0. The number of nitrogens with one attached hydrogen (secondary N) is 1. The van der Waals surface area contributed by atoms with Gasteiger partial charge in [-0.15, -0.1) is 0 Å². The highest BCUT2D eigenvalue weighted by Gasteiger charge is 2.03. The summed E-state index contributed by atoms with van der Waals surface area (Å²) in [4.78, 5) is 0. The fourth-order valence-electron chi connectivity index (χ4n) is 3.03. The van der Waals surface area contributed by atoms with E-state index in [0.717, 1.165) is 5.56 Å². The lowest BCUT2D eigenvalue weighted by molar-refractivity contribution is 1.46. The van der Waals surface area contributed by atoms with Crippen molar-refractivity contribution in [1.82, 2.24) is 0 Å². The average molecular weight is 295 g/mol. The molecule has 0 aliphatic carbocycles. The monoisotopic (exact) mass is 295 g/mol. The van der Waals surface area contributed by atoms with Gasteiger partial charge < -0.3 is 5.41 Å². The quantitative estimate of drug-likeness (QED) is 0.435. The van der Waals surface area contributed by atoms with Crippen molar-refractivity contribution in [3.63, 3.8) is 0 Å². The molecule has 0 heterocycles. The minimum atomic E-state index is 0.602. The van der Waals surface area contributed by atoms with E-state index in [9.17, 15) is 0 Å². The van der Waals surface area contributed by atoms with Crippen LogP contribution in [0.2, 0.25) is 0 Å². The summed E-state index contributed by atoms with van der Waals surface area (Å²) < 4.78 is 0. The third kappa shape index (κ3) is 2.51. The second kappa shape index (κ2) is 5.36. The normalized spacial score (nSPS) is 11.0. The van der Waals surface area contributed by atoms with Crippen LogP contribution < -0.4 is 0 Å². The lowest BCUT2D eigenvalue weighted by Crippen LogP contribution is -1.91. The topological polar surface area (TPSA) is 23.9 Å². The van der Waals surface area contributed by atoms with Crippen LogP contribution in [0, 0.1) is 5.41 Å². The van der Waals surface area contributed by atoms with E-state index in [1.165, 1.54) is 32.7 Å². The van der Waals surface area contributed by atoms with Gasteiger partial charge in [0.2, 0.25) is 0 Å². The Kier molecular flexibility index (Phi) is 3.20. The van der Waals surface area contributed by atoms with Gasteiger partial charge in [-0.1, -0.05) is 60.7 Å². The zero-order chi connectivity index (χ0) is 15.8. The summed E-state index contributed by atoms with van der Waals surface area (Å²) >= 11 is 0. The summed E-state index contributed by atoms with van der Waals surface area (Å²) in [6.45, 7) is 1.82. The highest BCUT2D eigenvalue weighted by Crippen LogP contribution is 2.28. The van der Waals surface area contributed by atoms with Crippen molar-refractivity contribution in [3.05, 3.63) is 84.4 Å². The van der Waals surface area contributed by atoms with Gasteiger partial charge in [0.1, 0.15) is 0 Å². The Balaban J connectivity index is 1.84. The third-order valence-electron chi connectivity index (χ3n) is 4.36. The number of hydrogen-bond donors (Lipinski definition) is 1. The lowest BCUT2D eigenvalue weighted by atomic mass is 9.97. The first kappa shape index (κ1) is 13.7. The molecule has 0 aliphatic heterocycles. The molecule has 0 bridgehead atoms. The number of fused-ring (bicyclic) bond motifs is 2. The summed E-state index contributed by atoms with van der Waals surface area (Å²) in [5.74, 6) is 0. The maximum absolute atomic E-state index is 7.76. The number of rotatable bonds is 2. The van der Waals surface area contributed by atoms with Crippen LogP contribution >= 0.6 is 0 Å². The van der Waals surface area contributed by atoms with Crippen molar-refractivity contribution in [2.45, 2.75) is 6.92 Å². The molecule has 4 aromatic rings. The first-order valence-corrected chi connectivity index (χ1v) is 7.79. The standard InChI is InChI=1S/C22H17N/c1-15(23)17-7-9-21-14-22(11-10-19(21)12-17)20-8-6-16-4-2-3-5-18(16)13-20/h2-14,23H,1H3. The second-order valence-electron chi connectivity index (χ2n) is 5.96. The minimum absolute atomic E-state index is 0.602. The molecule has 0 saturated heterocycles. The molecule has 0 unspecified atom stereocenters. The van der Waals surface area contributed by atoms with Crippen LogP contribution in [0.15, 0.2) is 78.9 Å². The minimum Gasteiger partial charge on any atom is -0.305 e. The van der Waals surface area contributed by atoms with Gasteiger partial charge in [-0.05, 0) is 63.4 Å². The van der Waals surface area contributed by atoms with E-state index in [1.807, 2.05) is 13.0 Å². The van der Waals surface area contributed by atoms with Crippen molar-refractivity contribution >= 4 is 27.3 Å². The third-order valence-corrected chi connectivity index (χ3v) is 4.36. The van der Waals surface area contributed by atoms with Gasteiger partial charge in [-0.25, -0.2) is 0 Å². The predicted molar refractivity (Wildman–Crippen MR) is 99.4 cm³/mol. The molecule has 0 atom stereocenters. The molecule has 110 valence electrons. The molecule has 0 aliphatic rings. The molecule has 23 heavy (non-hydrogen) atoms. The molecule has 1 heteroatoms. The van der Waals surface area contributed by atoms with Crippen molar-refractivity contribution in [2.24, 2.45) is 0 Å². The van der Waals surface area contributed by atoms with Crippen molar-refractivity contribution in [1.29, 1.82) is 5.41 Å². The van der Waals surface area contributed by atoms with Crippen LogP contribution in [0.1, 0.15) is 12.5 Å². The molecule has 0 aromatic heterocycles. The smallest absolute Gasteiger partial charge is 0.0355 e. The van der Waals surface area contributed by atoms with E-state index in [0.29, 0.717) is 5.71 Å². The van der Waals surface area contributed by atoms with Gasteiger partial charge in [0.15, 0.2) is 0 Å². The molecular formula is C22H17N. The SMILES string of the molecule is CC(=N)c1ccc2cc(-c3ccc4ccccc4c3)ccc2c1. The first-order chi connectivity index (χ1) is 11.2. The summed E-state index contributed by atoms with van der Waals surface area (Å²) in [5.41, 5.74) is 4.04.